The number of nitrogens with zero attached hydrogens (tertiary/aromatic N) is 2. The second-order valence-electron chi connectivity index (χ2n) is 6.31. The predicted octanol–water partition coefficient (Wildman–Crippen LogP) is 3.40. The fraction of sp³-hybridized carbons (Fsp3) is 0.389. The minimum Gasteiger partial charge on any atom is -0.399 e. The summed E-state index contributed by atoms with van der Waals surface area (Å²) in [6.07, 6.45) is 3.26. The largest absolute Gasteiger partial charge is 0.399 e. The summed E-state index contributed by atoms with van der Waals surface area (Å²) in [5.41, 5.74) is 7.80. The fourth-order valence-electron chi connectivity index (χ4n) is 2.37. The molecule has 1 aliphatic rings. The van der Waals surface area contributed by atoms with Gasteiger partial charge in [-0.3, -0.25) is 4.79 Å². The van der Waals surface area contributed by atoms with Gasteiger partial charge in [0.1, 0.15) is 5.82 Å². The lowest BCUT2D eigenvalue weighted by Gasteiger charge is -2.14. The van der Waals surface area contributed by atoms with Crippen LogP contribution in [0.5, 0.6) is 0 Å². The lowest BCUT2D eigenvalue weighted by Crippen LogP contribution is -2.18. The quantitative estimate of drug-likeness (QED) is 0.708. The zero-order chi connectivity index (χ0) is 17.1. The molecule has 6 nitrogen and oxygen atoms in total. The number of nitrogens with two attached hydrogens (primary N) is 1. The molecule has 24 heavy (non-hydrogen) atoms. The molecule has 1 fully saturated rings. The molecule has 3 rings (SSSR count). The van der Waals surface area contributed by atoms with Crippen molar-refractivity contribution in [1.29, 1.82) is 0 Å². The van der Waals surface area contributed by atoms with E-state index in [0.29, 0.717) is 28.9 Å². The van der Waals surface area contributed by atoms with Gasteiger partial charge in [-0.2, -0.15) is 4.98 Å². The van der Waals surface area contributed by atoms with Crippen LogP contribution in [0.25, 0.3) is 0 Å². The number of rotatable bonds is 6. The number of carbonyl (C=O) groups excluding carboxylic acids is 1. The van der Waals surface area contributed by atoms with E-state index in [0.717, 1.165) is 25.0 Å². The van der Waals surface area contributed by atoms with Crippen molar-refractivity contribution in [2.45, 2.75) is 45.1 Å². The molecule has 0 bridgehead atoms. The van der Waals surface area contributed by atoms with E-state index >= 15 is 0 Å². The Morgan fingerprint density at radius 3 is 2.79 bits per heavy atom. The van der Waals surface area contributed by atoms with Gasteiger partial charge in [0.15, 0.2) is 0 Å². The van der Waals surface area contributed by atoms with E-state index in [9.17, 15) is 4.79 Å². The third-order valence-corrected chi connectivity index (χ3v) is 4.12. The Hall–Kier alpha value is -2.63. The number of anilines is 3. The van der Waals surface area contributed by atoms with Crippen molar-refractivity contribution in [3.05, 3.63) is 41.6 Å². The molecular formula is C18H23N5O. The van der Waals surface area contributed by atoms with Gasteiger partial charge in [-0.05, 0) is 44.4 Å². The van der Waals surface area contributed by atoms with Crippen molar-refractivity contribution in [3.63, 3.8) is 0 Å². The SMILES string of the molecule is CC[C@@H](C)Nc1nc(NC(=O)c2cccc(N)c2)cc(C2CC2)n1. The maximum absolute atomic E-state index is 12.4. The van der Waals surface area contributed by atoms with Gasteiger partial charge < -0.3 is 16.4 Å². The highest BCUT2D eigenvalue weighted by Gasteiger charge is 2.26. The number of nitrogens with one attached hydrogen (secondary N) is 2. The third kappa shape index (κ3) is 4.01. The molecule has 1 atom stereocenters. The van der Waals surface area contributed by atoms with Crippen LogP contribution in [0.15, 0.2) is 30.3 Å². The summed E-state index contributed by atoms with van der Waals surface area (Å²) >= 11 is 0. The molecule has 1 aromatic carbocycles. The number of hydrogen-bond donors (Lipinski definition) is 3. The van der Waals surface area contributed by atoms with Crippen molar-refractivity contribution in [1.82, 2.24) is 9.97 Å². The van der Waals surface area contributed by atoms with Crippen LogP contribution in [-0.4, -0.2) is 21.9 Å². The van der Waals surface area contributed by atoms with E-state index in [2.05, 4.69) is 34.4 Å². The molecule has 4 N–H and O–H groups in total. The van der Waals surface area contributed by atoms with Crippen LogP contribution in [0.3, 0.4) is 0 Å². The van der Waals surface area contributed by atoms with Crippen LogP contribution in [0, 0.1) is 0 Å². The average Bonchev–Trinajstić information content (AvgIpc) is 3.39. The molecule has 0 spiro atoms. The Bertz CT molecular complexity index is 742. The lowest BCUT2D eigenvalue weighted by atomic mass is 10.2. The van der Waals surface area contributed by atoms with Crippen molar-refractivity contribution in [2.75, 3.05) is 16.4 Å². The van der Waals surface area contributed by atoms with Crippen LogP contribution in [0.2, 0.25) is 0 Å². The van der Waals surface area contributed by atoms with Crippen LogP contribution in [-0.2, 0) is 0 Å². The monoisotopic (exact) mass is 325 g/mol. The molecule has 2 aromatic rings. The van der Waals surface area contributed by atoms with E-state index in [1.165, 1.54) is 0 Å². The molecule has 1 aromatic heterocycles. The topological polar surface area (TPSA) is 92.9 Å². The van der Waals surface area contributed by atoms with E-state index < -0.39 is 0 Å². The van der Waals surface area contributed by atoms with Gasteiger partial charge in [-0.15, -0.1) is 0 Å². The van der Waals surface area contributed by atoms with Crippen LogP contribution in [0.4, 0.5) is 17.5 Å². The Morgan fingerprint density at radius 2 is 2.12 bits per heavy atom. The second kappa shape index (κ2) is 6.86. The first-order chi connectivity index (χ1) is 11.5. The maximum Gasteiger partial charge on any atom is 0.256 e. The summed E-state index contributed by atoms with van der Waals surface area (Å²) in [5, 5.41) is 6.14. The minimum atomic E-state index is -0.225. The second-order valence-corrected chi connectivity index (χ2v) is 6.31. The summed E-state index contributed by atoms with van der Waals surface area (Å²) in [5.74, 6) is 1.34. The molecule has 6 heteroatoms. The van der Waals surface area contributed by atoms with E-state index in [1.807, 2.05) is 6.07 Å². The molecule has 0 aliphatic heterocycles. The van der Waals surface area contributed by atoms with Gasteiger partial charge in [0.2, 0.25) is 5.95 Å². The van der Waals surface area contributed by atoms with E-state index in [1.54, 1.807) is 24.3 Å². The Morgan fingerprint density at radius 1 is 1.33 bits per heavy atom. The van der Waals surface area contributed by atoms with E-state index in [-0.39, 0.29) is 11.9 Å². The fourth-order valence-corrected chi connectivity index (χ4v) is 2.37. The summed E-state index contributed by atoms with van der Waals surface area (Å²) < 4.78 is 0. The number of hydrogen-bond acceptors (Lipinski definition) is 5. The zero-order valence-corrected chi connectivity index (χ0v) is 14.0. The van der Waals surface area contributed by atoms with Gasteiger partial charge >= 0.3 is 0 Å². The van der Waals surface area contributed by atoms with Crippen LogP contribution >= 0.6 is 0 Å². The van der Waals surface area contributed by atoms with Crippen molar-refractivity contribution >= 4 is 23.4 Å². The highest BCUT2D eigenvalue weighted by Crippen LogP contribution is 2.40. The molecule has 0 unspecified atom stereocenters. The molecule has 0 radical (unpaired) electrons. The summed E-state index contributed by atoms with van der Waals surface area (Å²) in [6, 6.07) is 9.03. The summed E-state index contributed by atoms with van der Waals surface area (Å²) in [7, 11) is 0. The molecule has 1 saturated carbocycles. The first-order valence-corrected chi connectivity index (χ1v) is 8.37. The molecule has 0 saturated heterocycles. The Balaban J connectivity index is 1.82. The van der Waals surface area contributed by atoms with Crippen molar-refractivity contribution < 1.29 is 4.79 Å². The van der Waals surface area contributed by atoms with Gasteiger partial charge in [-0.1, -0.05) is 13.0 Å². The van der Waals surface area contributed by atoms with E-state index in [4.69, 9.17) is 5.73 Å². The van der Waals surface area contributed by atoms with Gasteiger partial charge in [-0.25, -0.2) is 4.98 Å². The molecular weight excluding hydrogens is 302 g/mol. The van der Waals surface area contributed by atoms with Gasteiger partial charge in [0.05, 0.1) is 5.69 Å². The molecule has 1 heterocycles. The normalized spacial score (nSPS) is 14.9. The Labute approximate surface area is 141 Å². The Kier molecular flexibility index (Phi) is 4.64. The van der Waals surface area contributed by atoms with Crippen LogP contribution in [0.1, 0.15) is 55.1 Å². The maximum atomic E-state index is 12.4. The molecule has 1 amide bonds. The molecule has 1 aliphatic carbocycles. The highest BCUT2D eigenvalue weighted by molar-refractivity contribution is 6.04. The highest BCUT2D eigenvalue weighted by atomic mass is 16.1. The molecule has 126 valence electrons. The first kappa shape index (κ1) is 16.2. The van der Waals surface area contributed by atoms with Crippen LogP contribution < -0.4 is 16.4 Å². The number of amides is 1. The number of carbonyl (C=O) groups is 1. The van der Waals surface area contributed by atoms with Gasteiger partial charge in [0.25, 0.3) is 5.91 Å². The third-order valence-electron chi connectivity index (χ3n) is 4.12. The minimum absolute atomic E-state index is 0.225. The lowest BCUT2D eigenvalue weighted by molar-refractivity contribution is 0.102. The number of aromatic nitrogens is 2. The van der Waals surface area contributed by atoms with Crippen molar-refractivity contribution in [3.8, 4) is 0 Å². The van der Waals surface area contributed by atoms with Crippen molar-refractivity contribution in [2.24, 2.45) is 0 Å². The number of nitrogen functional groups attached to an aromatic ring is 1. The average molecular weight is 325 g/mol. The standard InChI is InChI=1S/C18H23N5O/c1-3-11(2)20-18-21-15(12-7-8-12)10-16(23-18)22-17(24)13-5-4-6-14(19)9-13/h4-6,9-12H,3,7-8,19H2,1-2H3,(H2,20,21,22,23,24)/t11-/m1/s1. The summed E-state index contributed by atoms with van der Waals surface area (Å²) in [6.45, 7) is 4.18. The number of benzene rings is 1. The predicted molar refractivity (Wildman–Crippen MR) is 96.2 cm³/mol. The zero-order valence-electron chi connectivity index (χ0n) is 14.0. The smallest absolute Gasteiger partial charge is 0.256 e. The summed E-state index contributed by atoms with van der Waals surface area (Å²) in [4.78, 5) is 21.4. The van der Waals surface area contributed by atoms with Gasteiger partial charge in [0, 0.05) is 29.3 Å². The first-order valence-electron chi connectivity index (χ1n) is 8.37.